The zero-order valence-corrected chi connectivity index (χ0v) is 14.0. The van der Waals surface area contributed by atoms with Crippen molar-refractivity contribution in [1.29, 1.82) is 0 Å². The predicted octanol–water partition coefficient (Wildman–Crippen LogP) is 2.55. The largest absolute Gasteiger partial charge is 0.496 e. The first kappa shape index (κ1) is 15.9. The summed E-state index contributed by atoms with van der Waals surface area (Å²) in [5.74, 6) is 0.671. The number of benzene rings is 2. The number of nitrogens with zero attached hydrogens (tertiary/aromatic N) is 3. The Labute approximate surface area is 141 Å². The van der Waals surface area contributed by atoms with Crippen molar-refractivity contribution in [3.05, 3.63) is 60.2 Å². The van der Waals surface area contributed by atoms with E-state index < -0.39 is 6.04 Å². The maximum atomic E-state index is 12.8. The lowest BCUT2D eigenvalue weighted by atomic mass is 10.2. The third kappa shape index (κ3) is 2.80. The summed E-state index contributed by atoms with van der Waals surface area (Å²) >= 11 is 0. The zero-order valence-electron chi connectivity index (χ0n) is 14.0. The minimum absolute atomic E-state index is 0.0626. The highest BCUT2D eigenvalue weighted by Gasteiger charge is 2.44. The number of para-hydroxylation sites is 2. The summed E-state index contributed by atoms with van der Waals surface area (Å²) in [5, 5.41) is 1.65. The molecule has 0 unspecified atom stereocenters. The van der Waals surface area contributed by atoms with Gasteiger partial charge >= 0.3 is 5.91 Å². The summed E-state index contributed by atoms with van der Waals surface area (Å²) in [7, 11) is 3.49. The van der Waals surface area contributed by atoms with E-state index in [1.807, 2.05) is 73.3 Å². The van der Waals surface area contributed by atoms with Gasteiger partial charge in [0.1, 0.15) is 11.4 Å². The van der Waals surface area contributed by atoms with Gasteiger partial charge in [-0.2, -0.15) is 0 Å². The quantitative estimate of drug-likeness (QED) is 0.641. The van der Waals surface area contributed by atoms with Crippen molar-refractivity contribution in [2.75, 3.05) is 19.2 Å². The van der Waals surface area contributed by atoms with Crippen molar-refractivity contribution in [2.24, 2.45) is 4.99 Å². The van der Waals surface area contributed by atoms with Crippen LogP contribution in [0.2, 0.25) is 0 Å². The standard InChI is InChI=1S/C19H20N3O2/c1-14-18(20-13-15-9-7-8-12-17(15)24-3)19(23)22(21(14)2)16-10-5-4-6-11-16/h4-13,18H,1-3H3/q+1/t18-/m1/s1. The van der Waals surface area contributed by atoms with Gasteiger partial charge < -0.3 is 4.74 Å². The fourth-order valence-electron chi connectivity index (χ4n) is 2.75. The molecule has 1 atom stereocenters. The van der Waals surface area contributed by atoms with Gasteiger partial charge in [-0.1, -0.05) is 35.3 Å². The first-order valence-electron chi connectivity index (χ1n) is 7.75. The minimum atomic E-state index is -0.528. The first-order chi connectivity index (χ1) is 11.6. The molecule has 0 saturated heterocycles. The SMILES string of the molecule is COc1ccccc1C=N[C@H]1C(=O)N(c2ccccc2)[N+](C)=C1C. The fraction of sp³-hybridized carbons (Fsp3) is 0.211. The number of amides is 1. The van der Waals surface area contributed by atoms with Crippen molar-refractivity contribution < 1.29 is 14.2 Å². The van der Waals surface area contributed by atoms with E-state index in [4.69, 9.17) is 4.74 Å². The lowest BCUT2D eigenvalue weighted by Crippen LogP contribution is -2.35. The minimum Gasteiger partial charge on any atom is -0.496 e. The molecule has 0 aliphatic carbocycles. The van der Waals surface area contributed by atoms with Crippen molar-refractivity contribution >= 4 is 23.5 Å². The molecule has 0 spiro atoms. The lowest BCUT2D eigenvalue weighted by Gasteiger charge is -2.11. The molecule has 0 N–H and O–H groups in total. The Balaban J connectivity index is 1.90. The lowest BCUT2D eigenvalue weighted by molar-refractivity contribution is -0.495. The van der Waals surface area contributed by atoms with Crippen LogP contribution in [0, 0.1) is 0 Å². The van der Waals surface area contributed by atoms with Crippen LogP contribution in [0.15, 0.2) is 59.6 Å². The summed E-state index contributed by atoms with van der Waals surface area (Å²) in [5.41, 5.74) is 2.57. The number of hydrazine groups is 1. The Bertz CT molecular complexity index is 812. The van der Waals surface area contributed by atoms with Crippen LogP contribution >= 0.6 is 0 Å². The maximum Gasteiger partial charge on any atom is 0.318 e. The van der Waals surface area contributed by atoms with E-state index in [2.05, 4.69) is 4.99 Å². The van der Waals surface area contributed by atoms with Crippen LogP contribution in [0.1, 0.15) is 12.5 Å². The van der Waals surface area contributed by atoms with Gasteiger partial charge in [-0.05, 0) is 24.3 Å². The number of carbonyl (C=O) groups is 1. The van der Waals surface area contributed by atoms with Crippen molar-refractivity contribution in [2.45, 2.75) is 13.0 Å². The molecule has 0 bridgehead atoms. The summed E-state index contributed by atoms with van der Waals surface area (Å²) < 4.78 is 7.17. The Morgan fingerprint density at radius 3 is 2.50 bits per heavy atom. The molecule has 1 heterocycles. The van der Waals surface area contributed by atoms with Gasteiger partial charge in [-0.15, -0.1) is 4.68 Å². The highest BCUT2D eigenvalue weighted by Crippen LogP contribution is 2.21. The molecule has 3 rings (SSSR count). The molecular formula is C19H20N3O2+. The summed E-state index contributed by atoms with van der Waals surface area (Å²) in [4.78, 5) is 17.3. The second-order valence-corrected chi connectivity index (χ2v) is 5.57. The molecule has 0 saturated carbocycles. The topological polar surface area (TPSA) is 44.9 Å². The summed E-state index contributed by atoms with van der Waals surface area (Å²) in [6.45, 7) is 1.92. The monoisotopic (exact) mass is 322 g/mol. The van der Waals surface area contributed by atoms with E-state index in [0.717, 1.165) is 22.7 Å². The number of carbonyl (C=O) groups excluding carboxylic acids is 1. The van der Waals surface area contributed by atoms with Crippen LogP contribution in [0.5, 0.6) is 5.75 Å². The van der Waals surface area contributed by atoms with E-state index >= 15 is 0 Å². The molecule has 122 valence electrons. The number of anilines is 1. The number of ether oxygens (including phenoxy) is 1. The predicted molar refractivity (Wildman–Crippen MR) is 95.2 cm³/mol. The third-order valence-corrected chi connectivity index (χ3v) is 4.15. The second-order valence-electron chi connectivity index (χ2n) is 5.57. The average Bonchev–Trinajstić information content (AvgIpc) is 2.83. The molecule has 24 heavy (non-hydrogen) atoms. The molecule has 0 fully saturated rings. The normalized spacial score (nSPS) is 17.9. The molecule has 1 aliphatic rings. The first-order valence-corrected chi connectivity index (χ1v) is 7.75. The molecule has 0 radical (unpaired) electrons. The molecule has 1 amide bonds. The molecular weight excluding hydrogens is 302 g/mol. The Kier molecular flexibility index (Phi) is 4.42. The van der Waals surface area contributed by atoms with Gasteiger partial charge in [-0.3, -0.25) is 9.79 Å². The van der Waals surface area contributed by atoms with E-state index in [9.17, 15) is 4.79 Å². The molecule has 5 nitrogen and oxygen atoms in total. The molecule has 5 heteroatoms. The molecule has 1 aliphatic heterocycles. The van der Waals surface area contributed by atoms with Gasteiger partial charge in [0.05, 0.1) is 7.11 Å². The fourth-order valence-corrected chi connectivity index (χ4v) is 2.75. The van der Waals surface area contributed by atoms with Gasteiger partial charge in [0.25, 0.3) is 0 Å². The van der Waals surface area contributed by atoms with Crippen LogP contribution in [0.3, 0.4) is 0 Å². The Morgan fingerprint density at radius 2 is 1.79 bits per heavy atom. The van der Waals surface area contributed by atoms with Crippen molar-refractivity contribution in [3.63, 3.8) is 0 Å². The molecule has 0 aromatic heterocycles. The highest BCUT2D eigenvalue weighted by atomic mass is 16.5. The van der Waals surface area contributed by atoms with Gasteiger partial charge in [0, 0.05) is 18.7 Å². The molecule has 2 aromatic rings. The number of hydrogen-bond acceptors (Lipinski definition) is 3. The van der Waals surface area contributed by atoms with Crippen LogP contribution < -0.4 is 9.75 Å². The smallest absolute Gasteiger partial charge is 0.318 e. The van der Waals surface area contributed by atoms with Gasteiger partial charge in [0.15, 0.2) is 7.05 Å². The molecule has 2 aromatic carbocycles. The number of rotatable bonds is 4. The Morgan fingerprint density at radius 1 is 1.12 bits per heavy atom. The highest BCUT2D eigenvalue weighted by molar-refractivity contribution is 6.15. The van der Waals surface area contributed by atoms with Crippen LogP contribution in [-0.2, 0) is 4.79 Å². The van der Waals surface area contributed by atoms with E-state index in [-0.39, 0.29) is 5.91 Å². The number of hydrazone groups is 1. The van der Waals surface area contributed by atoms with E-state index in [1.54, 1.807) is 18.3 Å². The number of methoxy groups -OCH3 is 1. The van der Waals surface area contributed by atoms with Crippen LogP contribution in [0.4, 0.5) is 5.69 Å². The zero-order chi connectivity index (χ0) is 17.1. The van der Waals surface area contributed by atoms with Crippen molar-refractivity contribution in [3.8, 4) is 5.75 Å². The van der Waals surface area contributed by atoms with E-state index in [1.165, 1.54) is 0 Å². The average molecular weight is 322 g/mol. The third-order valence-electron chi connectivity index (χ3n) is 4.15. The number of hydrogen-bond donors (Lipinski definition) is 0. The second kappa shape index (κ2) is 6.66. The van der Waals surface area contributed by atoms with Gasteiger partial charge in [0.2, 0.25) is 11.8 Å². The summed E-state index contributed by atoms with van der Waals surface area (Å²) in [6.07, 6.45) is 1.70. The van der Waals surface area contributed by atoms with E-state index in [0.29, 0.717) is 0 Å². The maximum absolute atomic E-state index is 12.8. The summed E-state index contributed by atoms with van der Waals surface area (Å²) in [6, 6.07) is 16.7. The number of aliphatic imine (C=N–C) groups is 1. The Hall–Kier alpha value is -2.95. The van der Waals surface area contributed by atoms with Crippen LogP contribution in [-0.4, -0.2) is 42.7 Å². The van der Waals surface area contributed by atoms with Crippen LogP contribution in [0.25, 0.3) is 0 Å². The van der Waals surface area contributed by atoms with Crippen molar-refractivity contribution in [1.82, 2.24) is 0 Å². The van der Waals surface area contributed by atoms with Gasteiger partial charge in [-0.25, -0.2) is 0 Å².